The Morgan fingerprint density at radius 2 is 1.84 bits per heavy atom. The molecule has 2 unspecified atom stereocenters. The molecule has 0 radical (unpaired) electrons. The number of hydrogen-bond acceptors (Lipinski definition) is 4. The molecule has 2 aliphatic rings. The second kappa shape index (κ2) is 4.80. The molecule has 3 rings (SSSR count). The van der Waals surface area contributed by atoms with E-state index in [1.54, 1.807) is 13.0 Å². The molecule has 2 fully saturated rings. The molecule has 5 heteroatoms. The largest absolute Gasteiger partial charge is 0.370 e. The summed E-state index contributed by atoms with van der Waals surface area (Å²) in [5.41, 5.74) is 0.888. The van der Waals surface area contributed by atoms with Gasteiger partial charge in [0.25, 0.3) is 0 Å². The van der Waals surface area contributed by atoms with Crippen LogP contribution in [0.2, 0.25) is 0 Å². The third-order valence-electron chi connectivity index (χ3n) is 4.31. The van der Waals surface area contributed by atoms with Gasteiger partial charge in [0.2, 0.25) is 0 Å². The van der Waals surface area contributed by atoms with E-state index in [9.17, 15) is 8.42 Å². The smallest absolute Gasteiger partial charge is 0.180 e. The van der Waals surface area contributed by atoms with E-state index in [1.807, 2.05) is 18.2 Å². The van der Waals surface area contributed by atoms with E-state index in [2.05, 4.69) is 10.2 Å². The number of para-hydroxylation sites is 1. The maximum Gasteiger partial charge on any atom is 0.180 e. The maximum atomic E-state index is 12.2. The third-order valence-corrected chi connectivity index (χ3v) is 6.09. The molecule has 2 atom stereocenters. The van der Waals surface area contributed by atoms with Crippen molar-refractivity contribution in [3.63, 3.8) is 0 Å². The summed E-state index contributed by atoms with van der Waals surface area (Å²) >= 11 is 0. The highest BCUT2D eigenvalue weighted by atomic mass is 32.2. The summed E-state index contributed by atoms with van der Waals surface area (Å²) in [5, 5.41) is 3.41. The number of fused-ring (bicyclic) bond motifs is 1. The predicted octanol–water partition coefficient (Wildman–Crippen LogP) is 1.14. The number of anilines is 1. The predicted molar refractivity (Wildman–Crippen MR) is 76.2 cm³/mol. The molecule has 0 aliphatic carbocycles. The first-order valence-corrected chi connectivity index (χ1v) is 8.54. The van der Waals surface area contributed by atoms with Gasteiger partial charge in [-0.05, 0) is 24.0 Å². The first-order chi connectivity index (χ1) is 9.12. The first-order valence-electron chi connectivity index (χ1n) is 6.89. The van der Waals surface area contributed by atoms with Gasteiger partial charge in [0.1, 0.15) is 0 Å². The zero-order valence-corrected chi connectivity index (χ0v) is 12.0. The highest BCUT2D eigenvalue weighted by Gasteiger charge is 2.37. The normalized spacial score (nSPS) is 26.7. The molecule has 2 aliphatic heterocycles. The fourth-order valence-electron chi connectivity index (χ4n) is 3.19. The molecule has 0 saturated carbocycles. The lowest BCUT2D eigenvalue weighted by atomic mass is 10.0. The van der Waals surface area contributed by atoms with Crippen LogP contribution in [0.4, 0.5) is 5.69 Å². The summed E-state index contributed by atoms with van der Waals surface area (Å²) in [5.74, 6) is 1.49. The van der Waals surface area contributed by atoms with E-state index >= 15 is 0 Å². The van der Waals surface area contributed by atoms with Gasteiger partial charge in [0, 0.05) is 26.2 Å². The Bertz CT molecular complexity index is 559. The van der Waals surface area contributed by atoms with E-state index in [0.29, 0.717) is 16.7 Å². The van der Waals surface area contributed by atoms with Crippen molar-refractivity contribution in [1.29, 1.82) is 0 Å². The molecule has 2 heterocycles. The van der Waals surface area contributed by atoms with Gasteiger partial charge >= 0.3 is 0 Å². The Morgan fingerprint density at radius 1 is 1.21 bits per heavy atom. The van der Waals surface area contributed by atoms with Crippen LogP contribution in [0.25, 0.3) is 0 Å². The highest BCUT2D eigenvalue weighted by Crippen LogP contribution is 2.34. The molecule has 104 valence electrons. The van der Waals surface area contributed by atoms with Crippen LogP contribution in [0.15, 0.2) is 29.2 Å². The lowest BCUT2D eigenvalue weighted by Gasteiger charge is -2.22. The van der Waals surface area contributed by atoms with Crippen molar-refractivity contribution in [3.8, 4) is 0 Å². The number of sulfone groups is 1. The van der Waals surface area contributed by atoms with Gasteiger partial charge in [-0.25, -0.2) is 8.42 Å². The van der Waals surface area contributed by atoms with Crippen LogP contribution in [-0.2, 0) is 9.84 Å². The van der Waals surface area contributed by atoms with Crippen LogP contribution in [0, 0.1) is 11.8 Å². The molecule has 1 N–H and O–H groups in total. The van der Waals surface area contributed by atoms with Crippen molar-refractivity contribution in [1.82, 2.24) is 5.32 Å². The molecular formula is C14H20N2O2S. The second-order valence-electron chi connectivity index (χ2n) is 5.45. The Kier molecular flexibility index (Phi) is 3.27. The van der Waals surface area contributed by atoms with Gasteiger partial charge in [-0.2, -0.15) is 0 Å². The lowest BCUT2D eigenvalue weighted by molar-refractivity contribution is 0.533. The SMILES string of the molecule is CCS(=O)(=O)c1ccccc1N1CC2CNCC2C1. The Morgan fingerprint density at radius 3 is 2.47 bits per heavy atom. The van der Waals surface area contributed by atoms with E-state index in [4.69, 9.17) is 0 Å². The molecule has 1 aromatic carbocycles. The summed E-state index contributed by atoms with van der Waals surface area (Å²) in [4.78, 5) is 2.74. The highest BCUT2D eigenvalue weighted by molar-refractivity contribution is 7.91. The Hall–Kier alpha value is -1.07. The third kappa shape index (κ3) is 2.25. The van der Waals surface area contributed by atoms with E-state index in [-0.39, 0.29) is 5.75 Å². The molecular weight excluding hydrogens is 260 g/mol. The average molecular weight is 280 g/mol. The monoisotopic (exact) mass is 280 g/mol. The number of benzene rings is 1. The molecule has 1 aromatic rings. The minimum atomic E-state index is -3.15. The maximum absolute atomic E-state index is 12.2. The minimum Gasteiger partial charge on any atom is -0.370 e. The van der Waals surface area contributed by atoms with Crippen LogP contribution in [-0.4, -0.2) is 40.3 Å². The molecule has 0 amide bonds. The number of nitrogens with one attached hydrogen (secondary N) is 1. The summed E-state index contributed by atoms with van der Waals surface area (Å²) in [7, 11) is -3.15. The van der Waals surface area contributed by atoms with E-state index in [0.717, 1.165) is 31.9 Å². The van der Waals surface area contributed by atoms with Gasteiger partial charge in [-0.1, -0.05) is 19.1 Å². The molecule has 2 saturated heterocycles. The van der Waals surface area contributed by atoms with Crippen molar-refractivity contribution in [2.75, 3.05) is 36.8 Å². The van der Waals surface area contributed by atoms with Crippen LogP contribution < -0.4 is 10.2 Å². The quantitative estimate of drug-likeness (QED) is 0.902. The van der Waals surface area contributed by atoms with Crippen molar-refractivity contribution in [3.05, 3.63) is 24.3 Å². The molecule has 0 spiro atoms. The lowest BCUT2D eigenvalue weighted by Crippen LogP contribution is -2.27. The van der Waals surface area contributed by atoms with Crippen molar-refractivity contribution < 1.29 is 8.42 Å². The van der Waals surface area contributed by atoms with Crippen LogP contribution in [0.1, 0.15) is 6.92 Å². The van der Waals surface area contributed by atoms with Gasteiger partial charge < -0.3 is 10.2 Å². The van der Waals surface area contributed by atoms with Crippen LogP contribution >= 0.6 is 0 Å². The van der Waals surface area contributed by atoms with Gasteiger partial charge in [0.05, 0.1) is 16.3 Å². The molecule has 0 bridgehead atoms. The number of rotatable bonds is 3. The zero-order valence-electron chi connectivity index (χ0n) is 11.2. The molecule has 19 heavy (non-hydrogen) atoms. The second-order valence-corrected chi connectivity index (χ2v) is 7.70. The van der Waals surface area contributed by atoms with E-state index in [1.165, 1.54) is 0 Å². The van der Waals surface area contributed by atoms with Crippen molar-refractivity contribution >= 4 is 15.5 Å². The summed E-state index contributed by atoms with van der Waals surface area (Å²) in [6.45, 7) is 5.75. The van der Waals surface area contributed by atoms with Crippen molar-refractivity contribution in [2.24, 2.45) is 11.8 Å². The van der Waals surface area contributed by atoms with E-state index < -0.39 is 9.84 Å². The summed E-state index contributed by atoms with van der Waals surface area (Å²) in [6.07, 6.45) is 0. The fourth-order valence-corrected chi connectivity index (χ4v) is 4.30. The summed E-state index contributed by atoms with van der Waals surface area (Å²) in [6, 6.07) is 7.42. The number of nitrogens with zero attached hydrogens (tertiary/aromatic N) is 1. The zero-order chi connectivity index (χ0) is 13.5. The molecule has 4 nitrogen and oxygen atoms in total. The fraction of sp³-hybridized carbons (Fsp3) is 0.571. The van der Waals surface area contributed by atoms with Gasteiger partial charge in [-0.3, -0.25) is 0 Å². The topological polar surface area (TPSA) is 49.4 Å². The summed E-state index contributed by atoms with van der Waals surface area (Å²) < 4.78 is 24.4. The first kappa shape index (κ1) is 12.9. The van der Waals surface area contributed by atoms with Gasteiger partial charge in [-0.15, -0.1) is 0 Å². The Labute approximate surface area is 114 Å². The minimum absolute atomic E-state index is 0.159. The van der Waals surface area contributed by atoms with Crippen LogP contribution in [0.3, 0.4) is 0 Å². The van der Waals surface area contributed by atoms with Gasteiger partial charge in [0.15, 0.2) is 9.84 Å². The average Bonchev–Trinajstić information content (AvgIpc) is 2.99. The number of hydrogen-bond donors (Lipinski definition) is 1. The van der Waals surface area contributed by atoms with Crippen molar-refractivity contribution in [2.45, 2.75) is 11.8 Å². The standard InChI is InChI=1S/C14H20N2O2S/c1-2-19(17,18)14-6-4-3-5-13(14)16-9-11-7-15-8-12(11)10-16/h3-6,11-12,15H,2,7-10H2,1H3. The van der Waals surface area contributed by atoms with Crippen LogP contribution in [0.5, 0.6) is 0 Å². The Balaban J connectivity index is 1.94. The molecule has 0 aromatic heterocycles.